The number of imidazole rings is 1. The minimum atomic E-state index is -0.824. The average Bonchev–Trinajstić information content (AvgIpc) is 3.54. The lowest BCUT2D eigenvalue weighted by molar-refractivity contribution is -0.118. The minimum Gasteiger partial charge on any atom is -0.489 e. The molecule has 3 rings (SSSR count). The average molecular weight is 872 g/mol. The van der Waals surface area contributed by atoms with Gasteiger partial charge in [-0.1, -0.05) is 18.7 Å². The van der Waals surface area contributed by atoms with E-state index in [1.54, 1.807) is 70.1 Å². The summed E-state index contributed by atoms with van der Waals surface area (Å²) in [4.78, 5) is 83.5. The van der Waals surface area contributed by atoms with Gasteiger partial charge >= 0.3 is 6.09 Å². The van der Waals surface area contributed by atoms with Crippen LogP contribution in [0, 0.1) is 0 Å². The quantitative estimate of drug-likeness (QED) is 0.0237. The van der Waals surface area contributed by atoms with E-state index in [0.29, 0.717) is 30.0 Å². The molecule has 0 unspecified atom stereocenters. The molecular formula is C42H57N13O8. The van der Waals surface area contributed by atoms with Crippen LogP contribution in [-0.2, 0) is 20.9 Å². The van der Waals surface area contributed by atoms with Gasteiger partial charge in [-0.05, 0) is 85.0 Å². The summed E-state index contributed by atoms with van der Waals surface area (Å²) in [7, 11) is 0. The van der Waals surface area contributed by atoms with Crippen molar-refractivity contribution in [1.29, 1.82) is 0 Å². The molecular weight excluding hydrogens is 815 g/mol. The van der Waals surface area contributed by atoms with Gasteiger partial charge in [0.05, 0.1) is 30.2 Å². The number of hydrogen-bond acceptors (Lipinski definition) is 15. The molecule has 0 spiro atoms. The molecule has 0 aliphatic heterocycles. The molecule has 0 saturated carbocycles. The predicted molar refractivity (Wildman–Crippen MR) is 242 cm³/mol. The number of allylic oxidation sites excluding steroid dienone is 3. The van der Waals surface area contributed by atoms with Crippen molar-refractivity contribution >= 4 is 70.6 Å². The largest absolute Gasteiger partial charge is 0.489 e. The van der Waals surface area contributed by atoms with Crippen LogP contribution < -0.4 is 48.1 Å². The standard InChI is InChI=1S/C42H57N13O8/c1-10-47-30(18-25(5)43)38(59)53-40-51-29-20-27(36(45)58)22-49-37(29)55(40)15-13-12-14-54(34-28(46-9)19-26(35(44)57)21-31(34)62-17-16-56)23-50-39(60)33(48-11-2)32(24(3)4)52-41(61)63-42(6,7)8/h12-13,18-22,48,56H,3,9-11,14-17,23,43H2,1-2,4-8H3,(H2,44,57)(H2,45,58)(H,50,60)(H,52,61)(H,51,53,59)/b13-12+,25-18-,33-32+,47-30?. The lowest BCUT2D eigenvalue weighted by Gasteiger charge is -2.28. The number of pyridine rings is 1. The first-order valence-electron chi connectivity index (χ1n) is 19.7. The number of anilines is 2. The summed E-state index contributed by atoms with van der Waals surface area (Å²) >= 11 is 0. The Hall–Kier alpha value is -7.55. The van der Waals surface area contributed by atoms with Gasteiger partial charge in [-0.2, -0.15) is 0 Å². The van der Waals surface area contributed by atoms with Gasteiger partial charge < -0.3 is 47.3 Å². The molecule has 0 aliphatic rings. The molecule has 0 bridgehead atoms. The lowest BCUT2D eigenvalue weighted by Crippen LogP contribution is -2.43. The number of rotatable bonds is 22. The third-order valence-electron chi connectivity index (χ3n) is 8.29. The topological polar surface area (TPSA) is 309 Å². The molecule has 2 aromatic heterocycles. The first-order valence-corrected chi connectivity index (χ1v) is 19.7. The number of amides is 5. The molecule has 21 nitrogen and oxygen atoms in total. The number of carbonyl (C=O) groups is 5. The Balaban J connectivity index is 2.14. The Labute approximate surface area is 365 Å². The smallest absolute Gasteiger partial charge is 0.412 e. The molecule has 0 saturated heterocycles. The fourth-order valence-electron chi connectivity index (χ4n) is 5.71. The monoisotopic (exact) mass is 871 g/mol. The van der Waals surface area contributed by atoms with E-state index in [2.05, 4.69) is 54.5 Å². The summed E-state index contributed by atoms with van der Waals surface area (Å²) in [5.74, 6) is -2.58. The van der Waals surface area contributed by atoms with Crippen molar-refractivity contribution in [3.8, 4) is 5.75 Å². The van der Waals surface area contributed by atoms with Crippen LogP contribution >= 0.6 is 0 Å². The van der Waals surface area contributed by atoms with Gasteiger partial charge in [-0.15, -0.1) is 0 Å². The minimum absolute atomic E-state index is 0.00735. The Kier molecular flexibility index (Phi) is 18.1. The van der Waals surface area contributed by atoms with Gasteiger partial charge in [0, 0.05) is 43.6 Å². The molecule has 0 radical (unpaired) electrons. The van der Waals surface area contributed by atoms with Crippen LogP contribution in [0.3, 0.4) is 0 Å². The van der Waals surface area contributed by atoms with E-state index in [4.69, 9.17) is 26.7 Å². The molecule has 0 fully saturated rings. The number of benzene rings is 1. The first kappa shape index (κ1) is 49.8. The first-order chi connectivity index (χ1) is 29.7. The zero-order chi connectivity index (χ0) is 47.0. The van der Waals surface area contributed by atoms with Crippen molar-refractivity contribution in [3.05, 3.63) is 83.0 Å². The number of aliphatic hydroxyl groups excluding tert-OH is 1. The van der Waals surface area contributed by atoms with Crippen molar-refractivity contribution in [2.45, 2.75) is 60.6 Å². The lowest BCUT2D eigenvalue weighted by atomic mass is 10.1. The van der Waals surface area contributed by atoms with E-state index in [0.717, 1.165) is 0 Å². The number of aliphatic hydroxyl groups is 1. The Morgan fingerprint density at radius 3 is 2.25 bits per heavy atom. The molecule has 0 aliphatic carbocycles. The zero-order valence-corrected chi connectivity index (χ0v) is 36.6. The van der Waals surface area contributed by atoms with Crippen LogP contribution in [0.15, 0.2) is 81.9 Å². The van der Waals surface area contributed by atoms with E-state index < -0.39 is 35.3 Å². The van der Waals surface area contributed by atoms with E-state index in [1.165, 1.54) is 30.5 Å². The van der Waals surface area contributed by atoms with Crippen molar-refractivity contribution in [1.82, 2.24) is 30.5 Å². The third kappa shape index (κ3) is 14.3. The highest BCUT2D eigenvalue weighted by atomic mass is 16.6. The van der Waals surface area contributed by atoms with E-state index in [1.807, 2.05) is 0 Å². The number of alkyl carbamates (subject to hydrolysis) is 1. The number of fused-ring (bicyclic) bond motifs is 1. The predicted octanol–water partition coefficient (Wildman–Crippen LogP) is 2.65. The maximum absolute atomic E-state index is 14.0. The number of nitrogens with zero attached hydrogens (tertiary/aromatic N) is 6. The maximum Gasteiger partial charge on any atom is 0.412 e. The SMILES string of the molecule is C=Nc1cc(C(N)=O)cc(OCCO)c1N(C/C=C/Cn1c(NC(=O)C(/C=C(/C)N)=NCC)nc2cc(C(N)=O)cnc21)CNC(=O)/C(NCC)=C(\NC(=O)OC(C)(C)C)C(=C)C. The molecule has 5 amide bonds. The number of carbonyl (C=O) groups excluding carboxylic acids is 5. The van der Waals surface area contributed by atoms with E-state index in [9.17, 15) is 29.1 Å². The normalized spacial score (nSPS) is 12.3. The van der Waals surface area contributed by atoms with Crippen LogP contribution in [0.25, 0.3) is 11.2 Å². The van der Waals surface area contributed by atoms with Crippen molar-refractivity contribution in [2.24, 2.45) is 27.2 Å². The summed E-state index contributed by atoms with van der Waals surface area (Å²) in [6, 6.07) is 4.23. The number of likely N-dealkylation sites (N-methyl/N-ethyl adjacent to an activating group) is 1. The van der Waals surface area contributed by atoms with Gasteiger partial charge in [-0.3, -0.25) is 44.4 Å². The van der Waals surface area contributed by atoms with Crippen molar-refractivity contribution in [2.75, 3.05) is 49.7 Å². The summed E-state index contributed by atoms with van der Waals surface area (Å²) in [6.07, 6.45) is 5.37. The number of hydrogen-bond donors (Lipinski definition) is 8. The highest BCUT2D eigenvalue weighted by molar-refractivity contribution is 6.47. The Morgan fingerprint density at radius 1 is 0.984 bits per heavy atom. The van der Waals surface area contributed by atoms with E-state index in [-0.39, 0.29) is 89.8 Å². The highest BCUT2D eigenvalue weighted by Crippen LogP contribution is 2.39. The molecule has 21 heteroatoms. The number of aromatic nitrogens is 3. The molecule has 2 heterocycles. The van der Waals surface area contributed by atoms with Crippen LogP contribution in [0.5, 0.6) is 5.75 Å². The molecule has 1 aromatic carbocycles. The number of nitrogens with one attached hydrogen (secondary N) is 4. The highest BCUT2D eigenvalue weighted by Gasteiger charge is 2.25. The Bertz CT molecular complexity index is 2350. The fraction of sp³-hybridized carbons (Fsp3) is 0.357. The molecule has 3 aromatic rings. The van der Waals surface area contributed by atoms with Gasteiger partial charge in [0.2, 0.25) is 17.8 Å². The molecule has 0 atom stereocenters. The second-order valence-electron chi connectivity index (χ2n) is 14.7. The number of nitrogens with two attached hydrogens (primary N) is 3. The number of ether oxygens (including phenoxy) is 2. The van der Waals surface area contributed by atoms with Crippen LogP contribution in [-0.4, -0.2) is 107 Å². The van der Waals surface area contributed by atoms with Crippen LogP contribution in [0.1, 0.15) is 69.2 Å². The number of primary amides is 2. The second kappa shape index (κ2) is 22.9. The molecule has 338 valence electrons. The van der Waals surface area contributed by atoms with Crippen LogP contribution in [0.2, 0.25) is 0 Å². The summed E-state index contributed by atoms with van der Waals surface area (Å²) in [5, 5.41) is 20.9. The van der Waals surface area contributed by atoms with E-state index >= 15 is 0 Å². The van der Waals surface area contributed by atoms with Gasteiger partial charge in [0.25, 0.3) is 11.8 Å². The van der Waals surface area contributed by atoms with Crippen molar-refractivity contribution in [3.63, 3.8) is 0 Å². The third-order valence-corrected chi connectivity index (χ3v) is 8.29. The second-order valence-corrected chi connectivity index (χ2v) is 14.7. The fourth-order valence-corrected chi connectivity index (χ4v) is 5.71. The van der Waals surface area contributed by atoms with Gasteiger partial charge in [-0.25, -0.2) is 14.8 Å². The molecule has 63 heavy (non-hydrogen) atoms. The molecule has 11 N–H and O–H groups in total. The number of aliphatic imine (C=N–C) groups is 2. The van der Waals surface area contributed by atoms with Crippen molar-refractivity contribution < 1.29 is 38.6 Å². The zero-order valence-electron chi connectivity index (χ0n) is 36.6. The Morgan fingerprint density at radius 2 is 1.68 bits per heavy atom. The summed E-state index contributed by atoms with van der Waals surface area (Å²) in [6.45, 7) is 19.4. The summed E-state index contributed by atoms with van der Waals surface area (Å²) < 4.78 is 12.9. The summed E-state index contributed by atoms with van der Waals surface area (Å²) in [5.41, 5.74) is 18.1. The van der Waals surface area contributed by atoms with Gasteiger partial charge in [0.15, 0.2) is 5.65 Å². The maximum atomic E-state index is 14.0. The van der Waals surface area contributed by atoms with Crippen LogP contribution in [0.4, 0.5) is 22.1 Å². The van der Waals surface area contributed by atoms with Gasteiger partial charge in [0.1, 0.15) is 40.6 Å².